The summed E-state index contributed by atoms with van der Waals surface area (Å²) in [7, 11) is 0. The van der Waals surface area contributed by atoms with Crippen molar-refractivity contribution in [2.24, 2.45) is 0 Å². The molecule has 0 radical (unpaired) electrons. The zero-order valence-corrected chi connectivity index (χ0v) is 12.3. The molecule has 1 aliphatic rings. The Morgan fingerprint density at radius 2 is 2.00 bits per heavy atom. The lowest BCUT2D eigenvalue weighted by Gasteiger charge is -2.21. The van der Waals surface area contributed by atoms with Crippen LogP contribution in [0.1, 0.15) is 18.9 Å². The van der Waals surface area contributed by atoms with Crippen LogP contribution in [0.25, 0.3) is 0 Å². The van der Waals surface area contributed by atoms with Gasteiger partial charge in [-0.3, -0.25) is 9.69 Å². The first-order valence-corrected chi connectivity index (χ1v) is 7.17. The Morgan fingerprint density at radius 3 is 2.72 bits per heavy atom. The summed E-state index contributed by atoms with van der Waals surface area (Å²) >= 11 is 3.59. The molecule has 1 amide bonds. The minimum atomic E-state index is 0.192. The van der Waals surface area contributed by atoms with Crippen LogP contribution in [-0.2, 0) is 11.3 Å². The summed E-state index contributed by atoms with van der Waals surface area (Å²) in [5, 5.41) is 0. The van der Waals surface area contributed by atoms with Crippen LogP contribution in [-0.4, -0.2) is 41.9 Å². The second kappa shape index (κ2) is 6.34. The number of hydrogen-bond donors (Lipinski definition) is 0. The topological polar surface area (TPSA) is 23.6 Å². The number of amides is 1. The lowest BCUT2D eigenvalue weighted by Crippen LogP contribution is -2.33. The predicted molar refractivity (Wildman–Crippen MR) is 76.3 cm³/mol. The fourth-order valence-corrected chi connectivity index (χ4v) is 2.72. The maximum absolute atomic E-state index is 11.4. The van der Waals surface area contributed by atoms with E-state index in [4.69, 9.17) is 0 Å². The van der Waals surface area contributed by atoms with E-state index in [9.17, 15) is 4.79 Å². The van der Waals surface area contributed by atoms with E-state index in [2.05, 4.69) is 39.0 Å². The Morgan fingerprint density at radius 1 is 1.22 bits per heavy atom. The van der Waals surface area contributed by atoms with Crippen molar-refractivity contribution >= 4 is 21.8 Å². The first-order valence-electron chi connectivity index (χ1n) is 6.38. The molecule has 1 aliphatic heterocycles. The minimum absolute atomic E-state index is 0.192. The van der Waals surface area contributed by atoms with E-state index in [-0.39, 0.29) is 5.91 Å². The summed E-state index contributed by atoms with van der Waals surface area (Å²) in [5.41, 5.74) is 1.31. The summed E-state index contributed by atoms with van der Waals surface area (Å²) < 4.78 is 1.16. The smallest absolute Gasteiger partial charge is 0.219 e. The third-order valence-corrected chi connectivity index (χ3v) is 4.16. The van der Waals surface area contributed by atoms with Crippen LogP contribution in [0, 0.1) is 0 Å². The molecule has 0 spiro atoms. The molecule has 1 aromatic rings. The minimum Gasteiger partial charge on any atom is -0.342 e. The van der Waals surface area contributed by atoms with Gasteiger partial charge in [-0.15, -0.1) is 0 Å². The van der Waals surface area contributed by atoms with Crippen LogP contribution in [0.2, 0.25) is 0 Å². The third kappa shape index (κ3) is 3.56. The van der Waals surface area contributed by atoms with E-state index in [0.717, 1.165) is 43.6 Å². The van der Waals surface area contributed by atoms with Crippen LogP contribution in [0.5, 0.6) is 0 Å². The van der Waals surface area contributed by atoms with Gasteiger partial charge in [0.1, 0.15) is 0 Å². The van der Waals surface area contributed by atoms with E-state index in [1.165, 1.54) is 5.56 Å². The van der Waals surface area contributed by atoms with Crippen molar-refractivity contribution in [3.63, 3.8) is 0 Å². The number of carbonyl (C=O) groups excluding carboxylic acids is 1. The van der Waals surface area contributed by atoms with Gasteiger partial charge in [-0.1, -0.05) is 34.1 Å². The monoisotopic (exact) mass is 310 g/mol. The van der Waals surface area contributed by atoms with Gasteiger partial charge >= 0.3 is 0 Å². The summed E-state index contributed by atoms with van der Waals surface area (Å²) in [6.07, 6.45) is 1.06. The average Bonchev–Trinajstić information content (AvgIpc) is 2.58. The van der Waals surface area contributed by atoms with Gasteiger partial charge in [-0.2, -0.15) is 0 Å². The first kappa shape index (κ1) is 13.6. The predicted octanol–water partition coefficient (Wildman–Crippen LogP) is 2.50. The van der Waals surface area contributed by atoms with Gasteiger partial charge in [0.05, 0.1) is 0 Å². The number of halogens is 1. The highest BCUT2D eigenvalue weighted by atomic mass is 79.9. The van der Waals surface area contributed by atoms with Crippen molar-refractivity contribution in [2.75, 3.05) is 26.2 Å². The average molecular weight is 311 g/mol. The standard InChI is InChI=1S/C14H19BrN2O/c1-12(18)17-8-4-7-16(9-10-17)11-13-5-2-3-6-14(13)15/h2-3,5-6H,4,7-11H2,1H3. The molecule has 1 heterocycles. The normalized spacial score (nSPS) is 17.6. The second-order valence-electron chi connectivity index (χ2n) is 4.73. The number of rotatable bonds is 2. The number of carbonyl (C=O) groups is 1. The fourth-order valence-electron chi connectivity index (χ4n) is 2.31. The second-order valence-corrected chi connectivity index (χ2v) is 5.58. The lowest BCUT2D eigenvalue weighted by molar-refractivity contribution is -0.128. The van der Waals surface area contributed by atoms with Crippen molar-refractivity contribution in [1.29, 1.82) is 0 Å². The molecule has 0 N–H and O–H groups in total. The quantitative estimate of drug-likeness (QED) is 0.838. The molecule has 1 saturated heterocycles. The number of nitrogens with zero attached hydrogens (tertiary/aromatic N) is 2. The molecule has 0 atom stereocenters. The summed E-state index contributed by atoms with van der Waals surface area (Å²) in [4.78, 5) is 15.7. The molecule has 1 fully saturated rings. The molecule has 98 valence electrons. The van der Waals surface area contributed by atoms with Gasteiger partial charge < -0.3 is 4.90 Å². The number of benzene rings is 1. The summed E-state index contributed by atoms with van der Waals surface area (Å²) in [6.45, 7) is 6.37. The highest BCUT2D eigenvalue weighted by Gasteiger charge is 2.16. The van der Waals surface area contributed by atoms with Gasteiger partial charge in [0, 0.05) is 44.1 Å². The molecular weight excluding hydrogens is 292 g/mol. The fraction of sp³-hybridized carbons (Fsp3) is 0.500. The highest BCUT2D eigenvalue weighted by molar-refractivity contribution is 9.10. The highest BCUT2D eigenvalue weighted by Crippen LogP contribution is 2.18. The summed E-state index contributed by atoms with van der Waals surface area (Å²) in [6, 6.07) is 8.33. The van der Waals surface area contributed by atoms with Gasteiger partial charge in [0.15, 0.2) is 0 Å². The van der Waals surface area contributed by atoms with Crippen LogP contribution in [0.3, 0.4) is 0 Å². The molecule has 3 nitrogen and oxygen atoms in total. The molecular formula is C14H19BrN2O. The Balaban J connectivity index is 1.95. The molecule has 0 aromatic heterocycles. The Labute approximate surface area is 117 Å². The van der Waals surface area contributed by atoms with Gasteiger partial charge in [-0.25, -0.2) is 0 Å². The molecule has 18 heavy (non-hydrogen) atoms. The van der Waals surface area contributed by atoms with Crippen molar-refractivity contribution in [3.8, 4) is 0 Å². The van der Waals surface area contributed by atoms with Crippen LogP contribution in [0.15, 0.2) is 28.7 Å². The van der Waals surface area contributed by atoms with Crippen LogP contribution >= 0.6 is 15.9 Å². The third-order valence-electron chi connectivity index (χ3n) is 3.39. The van der Waals surface area contributed by atoms with Gasteiger partial charge in [0.2, 0.25) is 5.91 Å². The zero-order chi connectivity index (χ0) is 13.0. The molecule has 0 unspecified atom stereocenters. The Kier molecular flexibility index (Phi) is 4.78. The van der Waals surface area contributed by atoms with E-state index in [0.29, 0.717) is 0 Å². The lowest BCUT2D eigenvalue weighted by atomic mass is 10.2. The van der Waals surface area contributed by atoms with E-state index in [1.807, 2.05) is 11.0 Å². The van der Waals surface area contributed by atoms with Gasteiger partial charge in [-0.05, 0) is 18.1 Å². The SMILES string of the molecule is CC(=O)N1CCCN(Cc2ccccc2Br)CC1. The maximum atomic E-state index is 11.4. The van der Waals surface area contributed by atoms with Crippen molar-refractivity contribution in [2.45, 2.75) is 19.9 Å². The van der Waals surface area contributed by atoms with E-state index >= 15 is 0 Å². The van der Waals surface area contributed by atoms with E-state index < -0.39 is 0 Å². The molecule has 0 saturated carbocycles. The molecule has 0 aliphatic carbocycles. The Bertz CT molecular complexity index is 422. The zero-order valence-electron chi connectivity index (χ0n) is 10.7. The molecule has 4 heteroatoms. The molecule has 2 rings (SSSR count). The van der Waals surface area contributed by atoms with E-state index in [1.54, 1.807) is 6.92 Å². The Hall–Kier alpha value is -0.870. The van der Waals surface area contributed by atoms with Crippen molar-refractivity contribution < 1.29 is 4.79 Å². The molecule has 0 bridgehead atoms. The number of hydrogen-bond acceptors (Lipinski definition) is 2. The molecule has 1 aromatic carbocycles. The van der Waals surface area contributed by atoms with Crippen LogP contribution in [0.4, 0.5) is 0 Å². The summed E-state index contributed by atoms with van der Waals surface area (Å²) in [5.74, 6) is 0.192. The largest absolute Gasteiger partial charge is 0.342 e. The van der Waals surface area contributed by atoms with Crippen molar-refractivity contribution in [1.82, 2.24) is 9.80 Å². The van der Waals surface area contributed by atoms with Crippen molar-refractivity contribution in [3.05, 3.63) is 34.3 Å². The van der Waals surface area contributed by atoms with Crippen LogP contribution < -0.4 is 0 Å². The van der Waals surface area contributed by atoms with Gasteiger partial charge in [0.25, 0.3) is 0 Å². The first-order chi connectivity index (χ1) is 8.66. The maximum Gasteiger partial charge on any atom is 0.219 e.